The highest BCUT2D eigenvalue weighted by Crippen LogP contribution is 2.62. The van der Waals surface area contributed by atoms with Crippen molar-refractivity contribution in [1.29, 1.82) is 0 Å². The number of carbonyl (C=O) groups excluding carboxylic acids is 1. The predicted molar refractivity (Wildman–Crippen MR) is 80.2 cm³/mol. The van der Waals surface area contributed by atoms with Crippen LogP contribution in [0.25, 0.3) is 5.65 Å². The van der Waals surface area contributed by atoms with Crippen molar-refractivity contribution in [3.8, 4) is 0 Å². The summed E-state index contributed by atoms with van der Waals surface area (Å²) in [6, 6.07) is 5.37. The summed E-state index contributed by atoms with van der Waals surface area (Å²) < 4.78 is 41.4. The number of fused-ring (bicyclic) bond motifs is 4. The average Bonchev–Trinajstić information content (AvgIpc) is 2.97. The van der Waals surface area contributed by atoms with Gasteiger partial charge in [-0.1, -0.05) is 6.07 Å². The maximum absolute atomic E-state index is 13.3. The summed E-state index contributed by atoms with van der Waals surface area (Å²) in [4.78, 5) is 16.9. The van der Waals surface area contributed by atoms with Crippen molar-refractivity contribution < 1.29 is 18.0 Å². The Morgan fingerprint density at radius 1 is 1.12 bits per heavy atom. The van der Waals surface area contributed by atoms with Gasteiger partial charge in [-0.25, -0.2) is 4.52 Å². The molecular formula is C16H17F3N4O. The third-order valence-electron chi connectivity index (χ3n) is 5.80. The number of pyridine rings is 1. The van der Waals surface area contributed by atoms with Gasteiger partial charge in [0.05, 0.1) is 5.41 Å². The molecule has 5 rings (SSSR count). The first-order valence-corrected chi connectivity index (χ1v) is 8.03. The predicted octanol–water partition coefficient (Wildman–Crippen LogP) is 3.57. The van der Waals surface area contributed by atoms with E-state index < -0.39 is 17.0 Å². The highest BCUT2D eigenvalue weighted by molar-refractivity contribution is 5.94. The van der Waals surface area contributed by atoms with Crippen molar-refractivity contribution in [2.45, 2.75) is 44.7 Å². The van der Waals surface area contributed by atoms with E-state index in [0.717, 1.165) is 0 Å². The lowest BCUT2D eigenvalue weighted by Gasteiger charge is -2.52. The van der Waals surface area contributed by atoms with E-state index >= 15 is 0 Å². The fourth-order valence-corrected chi connectivity index (χ4v) is 4.07. The Kier molecular flexibility index (Phi) is 3.17. The Bertz CT molecular complexity index is 740. The fraction of sp³-hybridized carbons (Fsp3) is 0.562. The molecule has 0 aromatic carbocycles. The van der Waals surface area contributed by atoms with Crippen LogP contribution >= 0.6 is 0 Å². The monoisotopic (exact) mass is 338 g/mol. The zero-order valence-electron chi connectivity index (χ0n) is 12.9. The number of anilines is 1. The molecular weight excluding hydrogens is 321 g/mol. The maximum atomic E-state index is 13.3. The van der Waals surface area contributed by atoms with Crippen LogP contribution in [0.1, 0.15) is 38.5 Å². The highest BCUT2D eigenvalue weighted by Gasteiger charge is 2.63. The van der Waals surface area contributed by atoms with E-state index in [1.807, 2.05) is 6.07 Å². The van der Waals surface area contributed by atoms with E-state index in [0.29, 0.717) is 5.65 Å². The number of hydrogen-bond acceptors (Lipinski definition) is 3. The summed E-state index contributed by atoms with van der Waals surface area (Å²) in [5.74, 6) is -0.0623. The third kappa shape index (κ3) is 2.19. The Hall–Kier alpha value is -2.12. The van der Waals surface area contributed by atoms with Crippen molar-refractivity contribution in [3.63, 3.8) is 0 Å². The van der Waals surface area contributed by atoms with E-state index in [-0.39, 0.29) is 50.4 Å². The summed E-state index contributed by atoms with van der Waals surface area (Å²) in [7, 11) is 0. The zero-order valence-corrected chi connectivity index (χ0v) is 12.9. The standard InChI is InChI=1S/C16H17F3N4O/c17-16(18,19)15-7-4-14(5-8-15,6-9-15)12(24)21-13-20-11-3-1-2-10-23(11)22-13/h1-3,10H,4-9H2,(H,21,22,24). The SMILES string of the molecule is O=C(Nc1nc2ccccn2n1)C12CCC(C(F)(F)F)(CC1)CC2. The summed E-state index contributed by atoms with van der Waals surface area (Å²) in [5.41, 5.74) is -1.70. The van der Waals surface area contributed by atoms with Crippen molar-refractivity contribution in [3.05, 3.63) is 24.4 Å². The van der Waals surface area contributed by atoms with Crippen LogP contribution in [0.5, 0.6) is 0 Å². The number of nitrogens with one attached hydrogen (secondary N) is 1. The molecule has 0 atom stereocenters. The quantitative estimate of drug-likeness (QED) is 0.911. The van der Waals surface area contributed by atoms with Gasteiger partial charge >= 0.3 is 6.18 Å². The number of rotatable bonds is 2. The van der Waals surface area contributed by atoms with Crippen molar-refractivity contribution >= 4 is 17.5 Å². The molecule has 0 unspecified atom stereocenters. The smallest absolute Gasteiger partial charge is 0.293 e. The number of aromatic nitrogens is 3. The largest absolute Gasteiger partial charge is 0.394 e. The fourth-order valence-electron chi connectivity index (χ4n) is 4.07. The first-order valence-electron chi connectivity index (χ1n) is 8.03. The molecule has 128 valence electrons. The molecule has 8 heteroatoms. The number of amides is 1. The molecule has 2 aromatic rings. The minimum atomic E-state index is -4.18. The van der Waals surface area contributed by atoms with Crippen molar-refractivity contribution in [1.82, 2.24) is 14.6 Å². The molecule has 2 aromatic heterocycles. The Balaban J connectivity index is 1.52. The number of nitrogens with zero attached hydrogens (tertiary/aromatic N) is 3. The molecule has 1 amide bonds. The molecule has 0 aliphatic heterocycles. The molecule has 3 saturated carbocycles. The molecule has 24 heavy (non-hydrogen) atoms. The van der Waals surface area contributed by atoms with Gasteiger partial charge in [0.15, 0.2) is 5.65 Å². The molecule has 2 heterocycles. The number of carbonyl (C=O) groups is 1. The van der Waals surface area contributed by atoms with E-state index in [1.165, 1.54) is 0 Å². The van der Waals surface area contributed by atoms with Crippen LogP contribution in [0.2, 0.25) is 0 Å². The first kappa shape index (κ1) is 15.4. The van der Waals surface area contributed by atoms with E-state index in [2.05, 4.69) is 15.4 Å². The van der Waals surface area contributed by atoms with Gasteiger partial charge in [-0.2, -0.15) is 18.2 Å². The molecule has 0 saturated heterocycles. The molecule has 0 radical (unpaired) electrons. The van der Waals surface area contributed by atoms with Crippen molar-refractivity contribution in [2.24, 2.45) is 10.8 Å². The van der Waals surface area contributed by atoms with Crippen LogP contribution in [0.15, 0.2) is 24.4 Å². The van der Waals surface area contributed by atoms with Gasteiger partial charge in [0.25, 0.3) is 0 Å². The van der Waals surface area contributed by atoms with Gasteiger partial charge in [0, 0.05) is 11.6 Å². The Morgan fingerprint density at radius 3 is 2.38 bits per heavy atom. The zero-order chi connectivity index (χ0) is 17.0. The van der Waals surface area contributed by atoms with Gasteiger partial charge in [-0.15, -0.1) is 5.10 Å². The van der Waals surface area contributed by atoms with Gasteiger partial charge in [-0.05, 0) is 50.7 Å². The van der Waals surface area contributed by atoms with E-state index in [4.69, 9.17) is 0 Å². The van der Waals surface area contributed by atoms with Crippen LogP contribution in [0, 0.1) is 10.8 Å². The Morgan fingerprint density at radius 2 is 1.79 bits per heavy atom. The molecule has 3 aliphatic rings. The van der Waals surface area contributed by atoms with Gasteiger partial charge in [0.1, 0.15) is 0 Å². The van der Waals surface area contributed by atoms with E-state index in [9.17, 15) is 18.0 Å². The van der Waals surface area contributed by atoms with Crippen LogP contribution in [0.4, 0.5) is 19.1 Å². The molecule has 0 spiro atoms. The summed E-state index contributed by atoms with van der Waals surface area (Å²) in [6.07, 6.45) is -1.56. The van der Waals surface area contributed by atoms with Crippen LogP contribution < -0.4 is 5.32 Å². The molecule has 1 N–H and O–H groups in total. The summed E-state index contributed by atoms with van der Waals surface area (Å²) in [5, 5.41) is 6.88. The summed E-state index contributed by atoms with van der Waals surface area (Å²) in [6.45, 7) is 0. The Labute approximate surface area is 136 Å². The van der Waals surface area contributed by atoms with Crippen molar-refractivity contribution in [2.75, 3.05) is 5.32 Å². The van der Waals surface area contributed by atoms with Crippen LogP contribution in [0.3, 0.4) is 0 Å². The second-order valence-corrected chi connectivity index (χ2v) is 6.95. The van der Waals surface area contributed by atoms with Gasteiger partial charge < -0.3 is 0 Å². The maximum Gasteiger partial charge on any atom is 0.394 e. The number of halogens is 3. The minimum Gasteiger partial charge on any atom is -0.293 e. The lowest BCUT2D eigenvalue weighted by Crippen LogP contribution is -2.53. The minimum absolute atomic E-state index is 0.0303. The molecule has 5 nitrogen and oxygen atoms in total. The molecule has 2 bridgehead atoms. The highest BCUT2D eigenvalue weighted by atomic mass is 19.4. The number of hydrogen-bond donors (Lipinski definition) is 1. The average molecular weight is 338 g/mol. The van der Waals surface area contributed by atoms with Crippen LogP contribution in [-0.2, 0) is 4.79 Å². The second-order valence-electron chi connectivity index (χ2n) is 6.95. The first-order chi connectivity index (χ1) is 11.3. The van der Waals surface area contributed by atoms with Crippen LogP contribution in [-0.4, -0.2) is 26.7 Å². The second kappa shape index (κ2) is 4.94. The topological polar surface area (TPSA) is 59.3 Å². The molecule has 3 fully saturated rings. The lowest BCUT2D eigenvalue weighted by molar-refractivity contribution is -0.258. The molecule has 3 aliphatic carbocycles. The van der Waals surface area contributed by atoms with E-state index in [1.54, 1.807) is 22.8 Å². The normalized spacial score (nSPS) is 29.8. The summed E-state index contributed by atoms with van der Waals surface area (Å²) >= 11 is 0. The lowest BCUT2D eigenvalue weighted by atomic mass is 9.53. The van der Waals surface area contributed by atoms with Gasteiger partial charge in [-0.3, -0.25) is 10.1 Å². The third-order valence-corrected chi connectivity index (χ3v) is 5.80. The van der Waals surface area contributed by atoms with Gasteiger partial charge in [0.2, 0.25) is 11.9 Å². The number of alkyl halides is 3.